The molecule has 0 radical (unpaired) electrons. The van der Waals surface area contributed by atoms with Crippen LogP contribution in [0.25, 0.3) is 0 Å². The number of hydrogen-bond acceptors (Lipinski definition) is 2. The van der Waals surface area contributed by atoms with Crippen LogP contribution in [0.3, 0.4) is 0 Å². The number of benzene rings is 2. The largest absolute Gasteiger partial charge is 0.331 e. The average Bonchev–Trinajstić information content (AvgIpc) is 2.51. The van der Waals surface area contributed by atoms with Crippen LogP contribution in [0.1, 0.15) is 26.3 Å². The fraction of sp³-hybridized carbons (Fsp3) is 0.176. The zero-order chi connectivity index (χ0) is 14.8. The Morgan fingerprint density at radius 3 is 2.62 bits per heavy atom. The first kappa shape index (κ1) is 14.0. The van der Waals surface area contributed by atoms with Crippen molar-refractivity contribution in [2.75, 3.05) is 13.1 Å². The van der Waals surface area contributed by atoms with Crippen LogP contribution in [0, 0.1) is 0 Å². The smallest absolute Gasteiger partial charge is 0.254 e. The third-order valence-corrected chi connectivity index (χ3v) is 4.39. The second-order valence-electron chi connectivity index (χ2n) is 5.04. The molecule has 1 amide bonds. The molecular formula is C17H14BrNO2. The molecule has 0 aliphatic carbocycles. The second-order valence-corrected chi connectivity index (χ2v) is 5.89. The molecule has 3 nitrogen and oxygen atoms in total. The predicted octanol–water partition coefficient (Wildman–Crippen LogP) is 3.33. The second kappa shape index (κ2) is 5.82. The van der Waals surface area contributed by atoms with Crippen molar-refractivity contribution in [3.8, 4) is 0 Å². The molecule has 0 atom stereocenters. The normalized spacial score (nSPS) is 14.0. The van der Waals surface area contributed by atoms with E-state index < -0.39 is 0 Å². The van der Waals surface area contributed by atoms with E-state index in [4.69, 9.17) is 0 Å². The summed E-state index contributed by atoms with van der Waals surface area (Å²) >= 11 is 3.38. The molecule has 0 aromatic heterocycles. The Morgan fingerprint density at radius 1 is 1.10 bits per heavy atom. The van der Waals surface area contributed by atoms with Gasteiger partial charge in [0.05, 0.1) is 6.54 Å². The van der Waals surface area contributed by atoms with Crippen LogP contribution in [-0.4, -0.2) is 29.7 Å². The van der Waals surface area contributed by atoms with Gasteiger partial charge in [0.1, 0.15) is 0 Å². The quantitative estimate of drug-likeness (QED) is 0.801. The summed E-state index contributed by atoms with van der Waals surface area (Å²) in [6.07, 6.45) is 0.797. The van der Waals surface area contributed by atoms with Crippen molar-refractivity contribution in [3.05, 3.63) is 69.7 Å². The molecule has 2 aromatic carbocycles. The maximum absolute atomic E-state index is 12.4. The molecule has 3 rings (SSSR count). The summed E-state index contributed by atoms with van der Waals surface area (Å²) in [7, 11) is 0. The van der Waals surface area contributed by atoms with Crippen LogP contribution in [0.5, 0.6) is 0 Å². The van der Waals surface area contributed by atoms with Crippen LogP contribution in [0.4, 0.5) is 0 Å². The van der Waals surface area contributed by atoms with Gasteiger partial charge in [-0.05, 0) is 24.1 Å². The Morgan fingerprint density at radius 2 is 1.81 bits per heavy atom. The van der Waals surface area contributed by atoms with E-state index in [2.05, 4.69) is 15.9 Å². The van der Waals surface area contributed by atoms with Gasteiger partial charge in [-0.25, -0.2) is 0 Å². The SMILES string of the molecule is O=C(CN1CCc2ccccc2C1=O)c1ccccc1Br. The van der Waals surface area contributed by atoms with E-state index >= 15 is 0 Å². The lowest BCUT2D eigenvalue weighted by Crippen LogP contribution is -2.40. The van der Waals surface area contributed by atoms with E-state index in [0.29, 0.717) is 17.7 Å². The molecule has 0 bridgehead atoms. The number of Topliss-reactive ketones (excluding diaryl/α,β-unsaturated/α-hetero) is 1. The highest BCUT2D eigenvalue weighted by molar-refractivity contribution is 9.10. The van der Waals surface area contributed by atoms with Gasteiger partial charge in [-0.1, -0.05) is 52.3 Å². The van der Waals surface area contributed by atoms with Crippen molar-refractivity contribution in [2.24, 2.45) is 0 Å². The molecule has 2 aromatic rings. The molecule has 21 heavy (non-hydrogen) atoms. The maximum Gasteiger partial charge on any atom is 0.254 e. The topological polar surface area (TPSA) is 37.4 Å². The Kier molecular flexibility index (Phi) is 3.88. The highest BCUT2D eigenvalue weighted by Crippen LogP contribution is 2.21. The van der Waals surface area contributed by atoms with E-state index in [-0.39, 0.29) is 18.2 Å². The van der Waals surface area contributed by atoms with Crippen molar-refractivity contribution in [1.29, 1.82) is 0 Å². The van der Waals surface area contributed by atoms with Crippen molar-refractivity contribution < 1.29 is 9.59 Å². The van der Waals surface area contributed by atoms with Gasteiger partial charge in [-0.15, -0.1) is 0 Å². The molecule has 1 aliphatic rings. The first-order chi connectivity index (χ1) is 10.2. The molecule has 0 N–H and O–H groups in total. The summed E-state index contributed by atoms with van der Waals surface area (Å²) < 4.78 is 0.764. The fourth-order valence-electron chi connectivity index (χ4n) is 2.57. The Balaban J connectivity index is 1.80. The number of amides is 1. The van der Waals surface area contributed by atoms with E-state index in [1.54, 1.807) is 11.0 Å². The lowest BCUT2D eigenvalue weighted by Gasteiger charge is -2.28. The van der Waals surface area contributed by atoms with Crippen molar-refractivity contribution in [2.45, 2.75) is 6.42 Å². The summed E-state index contributed by atoms with van der Waals surface area (Å²) in [5.41, 5.74) is 2.39. The lowest BCUT2D eigenvalue weighted by molar-refractivity contribution is 0.0695. The number of nitrogens with zero attached hydrogens (tertiary/aromatic N) is 1. The van der Waals surface area contributed by atoms with Gasteiger partial charge in [0.2, 0.25) is 0 Å². The minimum Gasteiger partial charge on any atom is -0.331 e. The van der Waals surface area contributed by atoms with Gasteiger partial charge in [0.15, 0.2) is 5.78 Å². The zero-order valence-electron chi connectivity index (χ0n) is 11.4. The molecule has 0 saturated carbocycles. The Bertz CT molecular complexity index is 711. The van der Waals surface area contributed by atoms with Crippen LogP contribution in [0.15, 0.2) is 53.0 Å². The monoisotopic (exact) mass is 343 g/mol. The van der Waals surface area contributed by atoms with Gasteiger partial charge in [-0.3, -0.25) is 9.59 Å². The zero-order valence-corrected chi connectivity index (χ0v) is 13.0. The number of fused-ring (bicyclic) bond motifs is 1. The number of carbonyl (C=O) groups is 2. The molecule has 1 aliphatic heterocycles. The van der Waals surface area contributed by atoms with Crippen LogP contribution in [0.2, 0.25) is 0 Å². The van der Waals surface area contributed by atoms with E-state index in [0.717, 1.165) is 16.5 Å². The summed E-state index contributed by atoms with van der Waals surface area (Å²) in [5.74, 6) is -0.104. The summed E-state index contributed by atoms with van der Waals surface area (Å²) in [4.78, 5) is 26.4. The summed E-state index contributed by atoms with van der Waals surface area (Å²) in [5, 5.41) is 0. The van der Waals surface area contributed by atoms with Crippen LogP contribution in [-0.2, 0) is 6.42 Å². The van der Waals surface area contributed by atoms with Crippen molar-refractivity contribution >= 4 is 27.6 Å². The van der Waals surface area contributed by atoms with E-state index in [1.807, 2.05) is 42.5 Å². The van der Waals surface area contributed by atoms with Gasteiger partial charge in [0.25, 0.3) is 5.91 Å². The van der Waals surface area contributed by atoms with Crippen LogP contribution >= 0.6 is 15.9 Å². The Hall–Kier alpha value is -1.94. The molecule has 0 saturated heterocycles. The lowest BCUT2D eigenvalue weighted by atomic mass is 9.98. The molecule has 4 heteroatoms. The van der Waals surface area contributed by atoms with Crippen molar-refractivity contribution in [3.63, 3.8) is 0 Å². The predicted molar refractivity (Wildman–Crippen MR) is 84.5 cm³/mol. The van der Waals surface area contributed by atoms with E-state index in [9.17, 15) is 9.59 Å². The number of ketones is 1. The molecule has 106 valence electrons. The van der Waals surface area contributed by atoms with Gasteiger partial charge >= 0.3 is 0 Å². The van der Waals surface area contributed by atoms with E-state index in [1.165, 1.54) is 0 Å². The number of hydrogen-bond donors (Lipinski definition) is 0. The minimum atomic E-state index is -0.0581. The number of carbonyl (C=O) groups excluding carboxylic acids is 2. The van der Waals surface area contributed by atoms with Crippen LogP contribution < -0.4 is 0 Å². The van der Waals surface area contributed by atoms with Gasteiger partial charge in [0, 0.05) is 22.1 Å². The Labute approximate surface area is 131 Å². The highest BCUT2D eigenvalue weighted by atomic mass is 79.9. The molecule has 0 fully saturated rings. The molecule has 0 spiro atoms. The molecule has 1 heterocycles. The number of halogens is 1. The maximum atomic E-state index is 12.4. The summed E-state index contributed by atoms with van der Waals surface area (Å²) in [6, 6.07) is 14.9. The third-order valence-electron chi connectivity index (χ3n) is 3.69. The minimum absolute atomic E-state index is 0.0461. The molecule has 0 unspecified atom stereocenters. The van der Waals surface area contributed by atoms with Gasteiger partial charge in [-0.2, -0.15) is 0 Å². The summed E-state index contributed by atoms with van der Waals surface area (Å²) in [6.45, 7) is 0.710. The first-order valence-electron chi connectivity index (χ1n) is 6.82. The average molecular weight is 344 g/mol. The van der Waals surface area contributed by atoms with Gasteiger partial charge < -0.3 is 4.90 Å². The fourth-order valence-corrected chi connectivity index (χ4v) is 3.08. The molecular weight excluding hydrogens is 330 g/mol. The van der Waals surface area contributed by atoms with Crippen molar-refractivity contribution in [1.82, 2.24) is 4.90 Å². The number of rotatable bonds is 3. The highest BCUT2D eigenvalue weighted by Gasteiger charge is 2.26. The third kappa shape index (κ3) is 2.76. The standard InChI is InChI=1S/C17H14BrNO2/c18-15-8-4-3-7-14(15)16(20)11-19-10-9-12-5-1-2-6-13(12)17(19)21/h1-8H,9-11H2. The first-order valence-corrected chi connectivity index (χ1v) is 7.61.